The van der Waals surface area contributed by atoms with Gasteiger partial charge in [0.05, 0.1) is 10.8 Å². The van der Waals surface area contributed by atoms with E-state index in [2.05, 4.69) is 0 Å². The molecule has 0 aromatic carbocycles. The molecule has 1 spiro atoms. The summed E-state index contributed by atoms with van der Waals surface area (Å²) in [7, 11) is -6.05. The summed E-state index contributed by atoms with van der Waals surface area (Å²) in [6.07, 6.45) is 4.02. The maximum Gasteiger partial charge on any atom is 0.465 e. The summed E-state index contributed by atoms with van der Waals surface area (Å²) in [5.74, 6) is -5.33. The highest BCUT2D eigenvalue weighted by Gasteiger charge is 2.75. The monoisotopic (exact) mass is 738 g/mol. The van der Waals surface area contributed by atoms with E-state index in [0.29, 0.717) is 50.9 Å². The van der Waals surface area contributed by atoms with Gasteiger partial charge in [-0.1, -0.05) is 0 Å². The Morgan fingerprint density at radius 1 is 0.804 bits per heavy atom. The van der Waals surface area contributed by atoms with Crippen LogP contribution in [0.3, 0.4) is 0 Å². The van der Waals surface area contributed by atoms with Crippen LogP contribution in [0.4, 0.5) is 8.78 Å². The Morgan fingerprint density at radius 2 is 1.51 bits per heavy atom. The first-order valence-electron chi connectivity index (χ1n) is 18.3. The zero-order chi connectivity index (χ0) is 35.7. The number of Topliss-reactive ketones (excluding diaryl/α,β-unsaturated/α-hetero) is 2. The molecule has 15 atom stereocenters. The van der Waals surface area contributed by atoms with Crippen molar-refractivity contribution in [1.29, 1.82) is 0 Å². The summed E-state index contributed by atoms with van der Waals surface area (Å²) < 4.78 is 90.2. The molecule has 13 nitrogen and oxygen atoms in total. The van der Waals surface area contributed by atoms with Gasteiger partial charge in [-0.2, -0.15) is 17.2 Å². The van der Waals surface area contributed by atoms with Crippen molar-refractivity contribution in [2.24, 2.45) is 64.1 Å². The number of carbonyl (C=O) groups excluding carboxylic acids is 5. The van der Waals surface area contributed by atoms with Crippen LogP contribution in [0.1, 0.15) is 77.0 Å². The Bertz CT molecular complexity index is 1780. The molecule has 16 heteroatoms. The van der Waals surface area contributed by atoms with E-state index in [4.69, 9.17) is 28.2 Å². The molecule has 0 aromatic rings. The zero-order valence-corrected chi connectivity index (χ0v) is 28.6. The van der Waals surface area contributed by atoms with Gasteiger partial charge in [0.25, 0.3) is 0 Å². The molecule has 12 saturated carbocycles. The SMILES string of the molecule is O=C1C2CC3CC(C(=O)OCC4OC5(OC4COC(=O)C46CC7CC(C4)C(=O)C6C7)C4CC6CC(OC(=O)C(F)(F)S(=O)(=O)O)(C4)CC65)(C2)CC13. The maximum atomic E-state index is 14.2. The van der Waals surface area contributed by atoms with Crippen molar-refractivity contribution in [3.05, 3.63) is 0 Å². The third-order valence-electron chi connectivity index (χ3n) is 15.3. The Morgan fingerprint density at radius 3 is 2.18 bits per heavy atom. The number of carbonyl (C=O) groups is 5. The molecule has 13 fully saturated rings. The Balaban J connectivity index is 0.875. The highest BCUT2D eigenvalue weighted by atomic mass is 32.2. The van der Waals surface area contributed by atoms with Gasteiger partial charge in [0, 0.05) is 35.5 Å². The smallest absolute Gasteiger partial charge is 0.462 e. The minimum absolute atomic E-state index is 0.0310. The van der Waals surface area contributed by atoms with Crippen LogP contribution in [-0.2, 0) is 57.8 Å². The molecule has 278 valence electrons. The number of hydrogen-bond donors (Lipinski definition) is 1. The minimum atomic E-state index is -6.05. The lowest BCUT2D eigenvalue weighted by Crippen LogP contribution is -2.53. The predicted molar refractivity (Wildman–Crippen MR) is 161 cm³/mol. The summed E-state index contributed by atoms with van der Waals surface area (Å²) in [5, 5.41) is -5.13. The average molecular weight is 739 g/mol. The van der Waals surface area contributed by atoms with Crippen LogP contribution < -0.4 is 0 Å². The van der Waals surface area contributed by atoms with Gasteiger partial charge in [0.2, 0.25) is 0 Å². The number of esters is 3. The molecule has 13 rings (SSSR count). The van der Waals surface area contributed by atoms with E-state index < -0.39 is 73.6 Å². The van der Waals surface area contributed by atoms with Crippen LogP contribution in [0.15, 0.2) is 0 Å². The molecule has 15 unspecified atom stereocenters. The number of hydrogen-bond acceptors (Lipinski definition) is 12. The normalized spacial score (nSPS) is 50.7. The third-order valence-corrected chi connectivity index (χ3v) is 16.1. The van der Waals surface area contributed by atoms with Crippen molar-refractivity contribution in [1.82, 2.24) is 0 Å². The number of rotatable bonds is 9. The molecule has 0 aromatic heterocycles. The number of ketones is 2. The fourth-order valence-electron chi connectivity index (χ4n) is 13.6. The molecule has 0 radical (unpaired) electrons. The number of halogens is 2. The minimum Gasteiger partial charge on any atom is -0.462 e. The summed E-state index contributed by atoms with van der Waals surface area (Å²) in [5.41, 5.74) is -2.96. The molecule has 13 aliphatic rings. The molecule has 1 aliphatic heterocycles. The van der Waals surface area contributed by atoms with Crippen molar-refractivity contribution in [3.8, 4) is 0 Å². The van der Waals surface area contributed by atoms with E-state index in [1.807, 2.05) is 0 Å². The summed E-state index contributed by atoms with van der Waals surface area (Å²) in [6.45, 7) is -0.433. The molecule has 1 N–H and O–H groups in total. The predicted octanol–water partition coefficient (Wildman–Crippen LogP) is 2.78. The second-order valence-corrected chi connectivity index (χ2v) is 19.3. The Hall–Kier alpha value is -2.56. The fourth-order valence-corrected chi connectivity index (χ4v) is 13.9. The number of ether oxygens (including phenoxy) is 5. The lowest BCUT2D eigenvalue weighted by Gasteiger charge is -2.45. The standard InChI is InChI=1S/C35H40F2O13S/c36-35(37,51(43,44)45)30(42)50-32-8-17-4-20(10-32)34(23(17)12-32)48-24(13-46-28(40)31-6-16-3-19(7-31)26(38)21(16)11-31)25(49-34)14-47-29(41)33-5-15-1-18(9-33)27(39)22(33)2-15/h15-25H,1-14H2,(H,43,44,45). The molecule has 1 saturated heterocycles. The summed E-state index contributed by atoms with van der Waals surface area (Å²) in [4.78, 5) is 65.3. The van der Waals surface area contributed by atoms with Crippen LogP contribution in [0, 0.1) is 64.1 Å². The first-order valence-corrected chi connectivity index (χ1v) is 19.8. The van der Waals surface area contributed by atoms with Crippen molar-refractivity contribution < 1.29 is 69.4 Å². The van der Waals surface area contributed by atoms with Crippen molar-refractivity contribution in [3.63, 3.8) is 0 Å². The highest BCUT2D eigenvalue weighted by Crippen LogP contribution is 2.69. The van der Waals surface area contributed by atoms with Gasteiger partial charge in [-0.3, -0.25) is 23.7 Å². The highest BCUT2D eigenvalue weighted by molar-refractivity contribution is 7.87. The lowest BCUT2D eigenvalue weighted by atomic mass is 9.69. The van der Waals surface area contributed by atoms with Crippen LogP contribution in [0.2, 0.25) is 0 Å². The molecule has 12 bridgehead atoms. The maximum absolute atomic E-state index is 14.2. The zero-order valence-electron chi connectivity index (χ0n) is 27.8. The van der Waals surface area contributed by atoms with Gasteiger partial charge >= 0.3 is 33.3 Å². The third kappa shape index (κ3) is 4.27. The summed E-state index contributed by atoms with van der Waals surface area (Å²) in [6, 6.07) is 0. The molecule has 12 aliphatic carbocycles. The van der Waals surface area contributed by atoms with Gasteiger partial charge in [0.15, 0.2) is 5.79 Å². The molecular formula is C35H40F2O13S. The topological polar surface area (TPSA) is 186 Å². The fraction of sp³-hybridized carbons (Fsp3) is 0.857. The van der Waals surface area contributed by atoms with Crippen molar-refractivity contribution >= 4 is 39.6 Å². The van der Waals surface area contributed by atoms with Crippen LogP contribution in [0.25, 0.3) is 0 Å². The van der Waals surface area contributed by atoms with E-state index >= 15 is 0 Å². The molecule has 51 heavy (non-hydrogen) atoms. The molecule has 0 amide bonds. The second kappa shape index (κ2) is 10.1. The van der Waals surface area contributed by atoms with Gasteiger partial charge in [0.1, 0.15) is 42.6 Å². The van der Waals surface area contributed by atoms with E-state index in [1.165, 1.54) is 0 Å². The largest absolute Gasteiger partial charge is 0.465 e. The van der Waals surface area contributed by atoms with E-state index in [9.17, 15) is 41.2 Å². The molecule has 1 heterocycles. The van der Waals surface area contributed by atoms with Gasteiger partial charge in [-0.25, -0.2) is 4.79 Å². The Kier molecular flexibility index (Phi) is 6.57. The van der Waals surface area contributed by atoms with Crippen molar-refractivity contribution in [2.75, 3.05) is 13.2 Å². The van der Waals surface area contributed by atoms with E-state index in [-0.39, 0.29) is 85.5 Å². The van der Waals surface area contributed by atoms with Gasteiger partial charge in [-0.05, 0) is 94.8 Å². The first kappa shape index (κ1) is 33.0. The Labute approximate surface area is 291 Å². The van der Waals surface area contributed by atoms with Gasteiger partial charge in [-0.15, -0.1) is 0 Å². The average Bonchev–Trinajstić information content (AvgIpc) is 3.86. The van der Waals surface area contributed by atoms with Gasteiger partial charge < -0.3 is 23.7 Å². The van der Waals surface area contributed by atoms with Crippen molar-refractivity contribution in [2.45, 2.75) is 106 Å². The number of alkyl halides is 2. The van der Waals surface area contributed by atoms with Crippen LogP contribution in [-0.4, -0.2) is 84.5 Å². The lowest BCUT2D eigenvalue weighted by molar-refractivity contribution is -0.259. The first-order chi connectivity index (χ1) is 24.0. The molecular weight excluding hydrogens is 698 g/mol. The second-order valence-electron chi connectivity index (χ2n) is 17.9. The van der Waals surface area contributed by atoms with Crippen LogP contribution in [0.5, 0.6) is 0 Å². The quantitative estimate of drug-likeness (QED) is 0.207. The summed E-state index contributed by atoms with van der Waals surface area (Å²) >= 11 is 0. The van der Waals surface area contributed by atoms with Crippen LogP contribution >= 0.6 is 0 Å². The van der Waals surface area contributed by atoms with E-state index in [1.54, 1.807) is 0 Å². The van der Waals surface area contributed by atoms with E-state index in [0.717, 1.165) is 12.8 Å².